The molecule has 0 fully saturated rings. The van der Waals surface area contributed by atoms with E-state index in [1.807, 2.05) is 0 Å². The Morgan fingerprint density at radius 2 is 1.89 bits per heavy atom. The molecule has 0 aliphatic carbocycles. The van der Waals surface area contributed by atoms with Gasteiger partial charge in [-0.2, -0.15) is 0 Å². The number of nitrogen functional groups attached to an aromatic ring is 1. The Morgan fingerprint density at radius 3 is 2.61 bits per heavy atom. The molecule has 0 aromatic heterocycles. The lowest BCUT2D eigenvalue weighted by molar-refractivity contribution is -0.124. The third kappa shape index (κ3) is 7.25. The predicted molar refractivity (Wildman–Crippen MR) is 134 cm³/mol. The fourth-order valence-electron chi connectivity index (χ4n) is 3.73. The van der Waals surface area contributed by atoms with Crippen LogP contribution >= 0.6 is 0 Å². The van der Waals surface area contributed by atoms with Crippen molar-refractivity contribution in [2.45, 2.75) is 44.6 Å². The van der Waals surface area contributed by atoms with Crippen molar-refractivity contribution in [2.75, 3.05) is 17.6 Å². The van der Waals surface area contributed by atoms with Crippen LogP contribution in [0.15, 0.2) is 36.4 Å². The highest BCUT2D eigenvalue weighted by Crippen LogP contribution is 2.26. The van der Waals surface area contributed by atoms with E-state index in [1.165, 1.54) is 18.2 Å². The van der Waals surface area contributed by atoms with E-state index >= 15 is 0 Å². The molecule has 1 aliphatic heterocycles. The number of ketones is 1. The first-order valence-corrected chi connectivity index (χ1v) is 11.5. The highest BCUT2D eigenvalue weighted by Gasteiger charge is 2.24. The second-order valence-electron chi connectivity index (χ2n) is 8.44. The van der Waals surface area contributed by atoms with Gasteiger partial charge in [0.2, 0.25) is 11.8 Å². The van der Waals surface area contributed by atoms with Crippen LogP contribution in [0.4, 0.5) is 11.4 Å². The first-order valence-electron chi connectivity index (χ1n) is 11.5. The average Bonchev–Trinajstić information content (AvgIpc) is 2.83. The second-order valence-corrected chi connectivity index (χ2v) is 8.44. The number of ether oxygens (including phenoxy) is 1. The van der Waals surface area contributed by atoms with Gasteiger partial charge in [0.15, 0.2) is 5.78 Å². The molecule has 0 saturated carbocycles. The Morgan fingerprint density at radius 1 is 1.11 bits per heavy atom. The Bertz CT molecular complexity index is 1150. The van der Waals surface area contributed by atoms with E-state index in [0.717, 1.165) is 0 Å². The van der Waals surface area contributed by atoms with E-state index in [1.54, 1.807) is 18.2 Å². The number of anilines is 2. The fraction of sp³-hybridized carbons (Fsp3) is 0.333. The maximum absolute atomic E-state index is 13.2. The zero-order valence-corrected chi connectivity index (χ0v) is 19.7. The number of nitrogens with one attached hydrogen (secondary N) is 3. The summed E-state index contributed by atoms with van der Waals surface area (Å²) in [5.41, 5.74) is 23.8. The summed E-state index contributed by atoms with van der Waals surface area (Å²) in [6.07, 6.45) is -0.131. The number of hydrogen-bond acceptors (Lipinski definition) is 9. The molecule has 0 radical (unpaired) electrons. The number of fused-ring (bicyclic) bond motifs is 2. The standard InChI is InChI=1S/C24H31N7O5/c25-15-5-7-20-16(11-15)23(35)31-17(2-1-9-29-24(27)28)19(32)6-8-21(33)30-18-10-13(22(26)34)3-4-14(18)12-36-20/h3-5,7,10-11,17,24,29H,1-2,6,8-9,12,25,27-28H2,(H2,26,34)(H,30,33)(H,31,35)/t17-/m0/s1. The van der Waals surface area contributed by atoms with Gasteiger partial charge in [-0.3, -0.25) is 24.5 Å². The molecule has 3 rings (SSSR count). The number of rotatable bonds is 6. The molecule has 11 N–H and O–H groups in total. The minimum absolute atomic E-state index is 0.0216. The lowest BCUT2D eigenvalue weighted by atomic mass is 10.0. The van der Waals surface area contributed by atoms with Gasteiger partial charge in [-0.05, 0) is 49.7 Å². The number of hydrogen-bond donors (Lipinski definition) is 7. The molecule has 0 spiro atoms. The Balaban J connectivity index is 1.93. The molecule has 2 aromatic rings. The summed E-state index contributed by atoms with van der Waals surface area (Å²) in [6.45, 7) is 0.412. The predicted octanol–water partition coefficient (Wildman–Crippen LogP) is -0.0827. The maximum atomic E-state index is 13.2. The quantitative estimate of drug-likeness (QED) is 0.161. The van der Waals surface area contributed by atoms with Crippen LogP contribution < -0.4 is 43.6 Å². The molecule has 1 heterocycles. The Labute approximate surface area is 208 Å². The van der Waals surface area contributed by atoms with Crippen molar-refractivity contribution in [3.8, 4) is 5.75 Å². The summed E-state index contributed by atoms with van der Waals surface area (Å²) >= 11 is 0. The Hall–Kier alpha value is -4.00. The van der Waals surface area contributed by atoms with Crippen LogP contribution in [-0.4, -0.2) is 42.4 Å². The van der Waals surface area contributed by atoms with Gasteiger partial charge in [-0.25, -0.2) is 0 Å². The molecule has 0 bridgehead atoms. The number of amides is 3. The number of primary amides is 1. The van der Waals surface area contributed by atoms with Crippen LogP contribution in [0.5, 0.6) is 5.75 Å². The minimum Gasteiger partial charge on any atom is -0.488 e. The van der Waals surface area contributed by atoms with Crippen molar-refractivity contribution < 1.29 is 23.9 Å². The second kappa shape index (κ2) is 12.1. The van der Waals surface area contributed by atoms with Crippen LogP contribution in [0.1, 0.15) is 52.0 Å². The lowest BCUT2D eigenvalue weighted by Gasteiger charge is -2.21. The number of carbonyl (C=O) groups is 4. The molecular formula is C24H31N7O5. The van der Waals surface area contributed by atoms with Crippen LogP contribution in [0.25, 0.3) is 0 Å². The molecule has 1 aliphatic rings. The summed E-state index contributed by atoms with van der Waals surface area (Å²) in [7, 11) is 0. The van der Waals surface area contributed by atoms with E-state index in [4.69, 9.17) is 27.7 Å². The van der Waals surface area contributed by atoms with Crippen LogP contribution in [0, 0.1) is 0 Å². The molecule has 1 atom stereocenters. The van der Waals surface area contributed by atoms with Crippen LogP contribution in [0.2, 0.25) is 0 Å². The normalized spacial score (nSPS) is 16.8. The molecule has 3 amide bonds. The highest BCUT2D eigenvalue weighted by molar-refractivity contribution is 6.02. The molecule has 12 heteroatoms. The first-order chi connectivity index (χ1) is 17.1. The maximum Gasteiger partial charge on any atom is 0.255 e. The summed E-state index contributed by atoms with van der Waals surface area (Å²) < 4.78 is 5.90. The zero-order valence-electron chi connectivity index (χ0n) is 19.7. The lowest BCUT2D eigenvalue weighted by Crippen LogP contribution is -2.46. The smallest absolute Gasteiger partial charge is 0.255 e. The third-order valence-corrected chi connectivity index (χ3v) is 5.64. The largest absolute Gasteiger partial charge is 0.488 e. The summed E-state index contributed by atoms with van der Waals surface area (Å²) in [4.78, 5) is 50.4. The highest BCUT2D eigenvalue weighted by atomic mass is 16.5. The van der Waals surface area contributed by atoms with E-state index < -0.39 is 30.1 Å². The van der Waals surface area contributed by atoms with Crippen LogP contribution in [-0.2, 0) is 16.2 Å². The molecule has 0 unspecified atom stereocenters. The molecule has 36 heavy (non-hydrogen) atoms. The Kier molecular flexibility index (Phi) is 8.95. The zero-order chi connectivity index (χ0) is 26.2. The SMILES string of the molecule is NC(=O)c1ccc2c(c1)NC(=O)CCC(=O)[C@H](CCCNC(N)N)NC(=O)c1cc(N)ccc1OC2. The topological polar surface area (TPSA) is 218 Å². The van der Waals surface area contributed by atoms with Gasteiger partial charge in [0.05, 0.1) is 11.6 Å². The number of nitrogens with two attached hydrogens (primary N) is 4. The molecule has 12 nitrogen and oxygen atoms in total. The average molecular weight is 498 g/mol. The van der Waals surface area contributed by atoms with Crippen molar-refractivity contribution in [1.82, 2.24) is 10.6 Å². The molecule has 0 saturated heterocycles. The molecule has 192 valence electrons. The van der Waals surface area contributed by atoms with Gasteiger partial charge in [-0.15, -0.1) is 0 Å². The molecule has 2 aromatic carbocycles. The van der Waals surface area contributed by atoms with E-state index in [-0.39, 0.29) is 42.1 Å². The van der Waals surface area contributed by atoms with Crippen molar-refractivity contribution in [1.29, 1.82) is 0 Å². The minimum atomic E-state index is -0.855. The number of carbonyl (C=O) groups excluding carboxylic acids is 4. The van der Waals surface area contributed by atoms with Gasteiger partial charge in [0.25, 0.3) is 5.91 Å². The summed E-state index contributed by atoms with van der Waals surface area (Å²) in [5.74, 6) is -1.71. The van der Waals surface area contributed by atoms with Gasteiger partial charge in [-0.1, -0.05) is 6.07 Å². The third-order valence-electron chi connectivity index (χ3n) is 5.64. The van der Waals surface area contributed by atoms with Gasteiger partial charge >= 0.3 is 0 Å². The first kappa shape index (κ1) is 26.6. The monoisotopic (exact) mass is 497 g/mol. The van der Waals surface area contributed by atoms with Gasteiger partial charge < -0.3 is 38.3 Å². The van der Waals surface area contributed by atoms with Crippen molar-refractivity contribution in [3.05, 3.63) is 53.1 Å². The van der Waals surface area contributed by atoms with Crippen molar-refractivity contribution in [3.63, 3.8) is 0 Å². The van der Waals surface area contributed by atoms with Crippen LogP contribution in [0.3, 0.4) is 0 Å². The molecular weight excluding hydrogens is 466 g/mol. The van der Waals surface area contributed by atoms with E-state index in [0.29, 0.717) is 36.3 Å². The van der Waals surface area contributed by atoms with Crippen molar-refractivity contribution in [2.24, 2.45) is 17.2 Å². The van der Waals surface area contributed by atoms with Gasteiger partial charge in [0.1, 0.15) is 18.6 Å². The van der Waals surface area contributed by atoms with E-state index in [2.05, 4.69) is 16.0 Å². The van der Waals surface area contributed by atoms with E-state index in [9.17, 15) is 19.2 Å². The summed E-state index contributed by atoms with van der Waals surface area (Å²) in [6, 6.07) is 8.30. The van der Waals surface area contributed by atoms with Gasteiger partial charge in [0, 0.05) is 35.3 Å². The fourth-order valence-corrected chi connectivity index (χ4v) is 3.73. The number of benzene rings is 2. The van der Waals surface area contributed by atoms with Crippen molar-refractivity contribution >= 4 is 34.9 Å². The summed E-state index contributed by atoms with van der Waals surface area (Å²) in [5, 5.41) is 8.32. The number of Topliss-reactive ketones (excluding diaryl/α,β-unsaturated/α-hetero) is 1.